The molecule has 0 radical (unpaired) electrons. The van der Waals surface area contributed by atoms with E-state index >= 15 is 0 Å². The zero-order chi connectivity index (χ0) is 22.5. The van der Waals surface area contributed by atoms with E-state index in [1.807, 2.05) is 0 Å². The quantitative estimate of drug-likeness (QED) is 0.494. The first-order valence-corrected chi connectivity index (χ1v) is 9.49. The minimum Gasteiger partial charge on any atom is -0.399 e. The summed E-state index contributed by atoms with van der Waals surface area (Å²) in [7, 11) is 0. The zero-order valence-electron chi connectivity index (χ0n) is 15.4. The zero-order valence-corrected chi connectivity index (χ0v) is 16.2. The Bertz CT molecular complexity index is 974. The van der Waals surface area contributed by atoms with Crippen LogP contribution in [0.5, 0.6) is 0 Å². The van der Waals surface area contributed by atoms with Gasteiger partial charge in [0.15, 0.2) is 0 Å². The van der Waals surface area contributed by atoms with Crippen LogP contribution in [0.1, 0.15) is 16.7 Å². The average molecular weight is 452 g/mol. The van der Waals surface area contributed by atoms with Crippen LogP contribution in [0.3, 0.4) is 0 Å². The molecule has 2 aromatic carbocycles. The molecule has 0 fully saturated rings. The van der Waals surface area contributed by atoms with E-state index in [0.717, 1.165) is 23.4 Å². The Morgan fingerprint density at radius 3 is 2.20 bits per heavy atom. The first-order chi connectivity index (χ1) is 13.8. The number of fused-ring (bicyclic) bond motifs is 1. The molecule has 1 aliphatic rings. The first kappa shape index (κ1) is 22.3. The molecule has 1 amide bonds. The Morgan fingerprint density at radius 2 is 1.63 bits per heavy atom. The van der Waals surface area contributed by atoms with Gasteiger partial charge in [-0.2, -0.15) is 26.3 Å². The van der Waals surface area contributed by atoms with E-state index in [1.54, 1.807) is 25.1 Å². The number of nitrogen functional groups attached to an aromatic ring is 1. The molecular weight excluding hydrogens is 437 g/mol. The fraction of sp³-hybridized carbons (Fsp3) is 0.316. The maximum atomic E-state index is 14.4. The number of anilines is 2. The smallest absolute Gasteiger partial charge is 0.399 e. The Hall–Kier alpha value is -2.43. The van der Waals surface area contributed by atoms with Crippen molar-refractivity contribution in [2.75, 3.05) is 16.4 Å². The van der Waals surface area contributed by atoms with Gasteiger partial charge in [-0.15, -0.1) is 11.8 Å². The van der Waals surface area contributed by atoms with E-state index in [9.17, 15) is 35.5 Å². The lowest BCUT2D eigenvalue weighted by Gasteiger charge is -2.33. The van der Waals surface area contributed by atoms with Gasteiger partial charge in [0.05, 0.1) is 18.0 Å². The van der Waals surface area contributed by atoms with E-state index in [4.69, 9.17) is 5.73 Å². The van der Waals surface area contributed by atoms with Crippen molar-refractivity contribution in [3.05, 3.63) is 53.1 Å². The maximum absolute atomic E-state index is 14.4. The largest absolute Gasteiger partial charge is 0.435 e. The summed E-state index contributed by atoms with van der Waals surface area (Å²) in [6, 6.07) is 6.84. The van der Waals surface area contributed by atoms with Gasteiger partial charge in [-0.05, 0) is 36.2 Å². The average Bonchev–Trinajstić information content (AvgIpc) is 2.64. The normalized spacial score (nSPS) is 15.3. The summed E-state index contributed by atoms with van der Waals surface area (Å²) in [6.45, 7) is 1.79. The molecule has 0 aliphatic carbocycles. The predicted molar refractivity (Wildman–Crippen MR) is 98.8 cm³/mol. The van der Waals surface area contributed by atoms with Crippen LogP contribution in [0.25, 0.3) is 0 Å². The van der Waals surface area contributed by atoms with Crippen LogP contribution in [0, 0.1) is 6.92 Å². The number of hydrogen-bond donors (Lipinski definition) is 1. The molecule has 0 aromatic heterocycles. The van der Waals surface area contributed by atoms with E-state index in [-0.39, 0.29) is 28.8 Å². The summed E-state index contributed by atoms with van der Waals surface area (Å²) < 4.78 is 92.6. The molecule has 0 unspecified atom stereocenters. The molecule has 0 spiro atoms. The fourth-order valence-corrected chi connectivity index (χ4v) is 4.07. The second-order valence-electron chi connectivity index (χ2n) is 6.80. The van der Waals surface area contributed by atoms with Crippen LogP contribution in [0.2, 0.25) is 0 Å². The third-order valence-corrected chi connectivity index (χ3v) is 5.79. The minimum atomic E-state index is -6.20. The highest BCUT2D eigenvalue weighted by atomic mass is 32.2. The fourth-order valence-electron chi connectivity index (χ4n) is 3.10. The van der Waals surface area contributed by atoms with Crippen molar-refractivity contribution in [2.45, 2.75) is 36.4 Å². The van der Waals surface area contributed by atoms with Gasteiger partial charge in [0.1, 0.15) is 0 Å². The second-order valence-corrected chi connectivity index (χ2v) is 7.81. The molecule has 0 bridgehead atoms. The van der Waals surface area contributed by atoms with Crippen molar-refractivity contribution in [3.63, 3.8) is 0 Å². The molecule has 0 atom stereocenters. The van der Waals surface area contributed by atoms with Gasteiger partial charge in [-0.25, -0.2) is 4.39 Å². The second kappa shape index (κ2) is 7.36. The lowest BCUT2D eigenvalue weighted by molar-refractivity contribution is -0.348. The molecule has 0 saturated heterocycles. The van der Waals surface area contributed by atoms with Crippen LogP contribution in [-0.4, -0.2) is 24.0 Å². The molecule has 0 saturated carbocycles. The number of hydrogen-bond acceptors (Lipinski definition) is 3. The molecule has 11 heteroatoms. The molecule has 2 N–H and O–H groups in total. The van der Waals surface area contributed by atoms with E-state index < -0.39 is 23.6 Å². The molecular formula is C19H15F7N2OS. The molecule has 1 aliphatic heterocycles. The summed E-state index contributed by atoms with van der Waals surface area (Å²) >= 11 is 0.756. The number of benzene rings is 2. The Balaban J connectivity index is 2.03. The minimum absolute atomic E-state index is 0.0339. The lowest BCUT2D eigenvalue weighted by Crippen LogP contribution is -2.50. The molecule has 1 heterocycles. The Morgan fingerprint density at radius 1 is 1.00 bits per heavy atom. The number of aryl methyl sites for hydroxylation is 1. The summed E-state index contributed by atoms with van der Waals surface area (Å²) in [5.41, 5.74) is 0.716. The van der Waals surface area contributed by atoms with Gasteiger partial charge in [-0.1, -0.05) is 18.2 Å². The van der Waals surface area contributed by atoms with Crippen molar-refractivity contribution < 1.29 is 35.5 Å². The summed E-state index contributed by atoms with van der Waals surface area (Å²) in [5, 5.41) is 0. The van der Waals surface area contributed by atoms with Gasteiger partial charge < -0.3 is 10.6 Å². The van der Waals surface area contributed by atoms with Crippen molar-refractivity contribution in [2.24, 2.45) is 0 Å². The number of thioether (sulfide) groups is 1. The van der Waals surface area contributed by atoms with Gasteiger partial charge in [0, 0.05) is 16.1 Å². The summed E-state index contributed by atoms with van der Waals surface area (Å²) in [5.74, 6) is -0.588. The molecule has 162 valence electrons. The number of rotatable bonds is 3. The van der Waals surface area contributed by atoms with Crippen molar-refractivity contribution in [1.29, 1.82) is 0 Å². The van der Waals surface area contributed by atoms with Gasteiger partial charge in [0.25, 0.3) is 0 Å². The lowest BCUT2D eigenvalue weighted by atomic mass is 9.93. The Labute approximate surface area is 171 Å². The number of carbonyl (C=O) groups excluding carboxylic acids is 1. The summed E-state index contributed by atoms with van der Waals surface area (Å²) in [6.07, 6.45) is -12.4. The number of halogens is 7. The van der Waals surface area contributed by atoms with Crippen molar-refractivity contribution in [1.82, 2.24) is 0 Å². The Kier molecular flexibility index (Phi) is 5.46. The van der Waals surface area contributed by atoms with Crippen LogP contribution in [0.15, 0.2) is 41.3 Å². The molecule has 30 heavy (non-hydrogen) atoms. The molecule has 2 aromatic rings. The van der Waals surface area contributed by atoms with Gasteiger partial charge in [0.2, 0.25) is 5.91 Å². The van der Waals surface area contributed by atoms with E-state index in [0.29, 0.717) is 23.4 Å². The van der Waals surface area contributed by atoms with Crippen LogP contribution in [0.4, 0.5) is 42.1 Å². The number of alkyl halides is 7. The number of nitrogens with two attached hydrogens (primary N) is 1. The van der Waals surface area contributed by atoms with Crippen LogP contribution in [-0.2, 0) is 17.0 Å². The van der Waals surface area contributed by atoms with E-state index in [2.05, 4.69) is 0 Å². The number of nitrogens with zero attached hydrogens (tertiary/aromatic N) is 1. The number of carbonyl (C=O) groups is 1. The standard InChI is InChI=1S/C19H15F7N2OS/c1-10-6-11(2-4-13(10)27)8-28-14-5-3-12(7-15(14)30-9-16(28)29)17(20,18(21,22)23)19(24,25)26/h2-7H,8-9,27H2,1H3. The molecule has 3 rings (SSSR count). The monoisotopic (exact) mass is 452 g/mol. The topological polar surface area (TPSA) is 46.3 Å². The third-order valence-electron chi connectivity index (χ3n) is 4.76. The highest BCUT2D eigenvalue weighted by Gasteiger charge is 2.73. The first-order valence-electron chi connectivity index (χ1n) is 8.51. The third kappa shape index (κ3) is 3.70. The van der Waals surface area contributed by atoms with Gasteiger partial charge in [-0.3, -0.25) is 4.79 Å². The molecule has 3 nitrogen and oxygen atoms in total. The van der Waals surface area contributed by atoms with Crippen LogP contribution >= 0.6 is 11.8 Å². The SMILES string of the molecule is Cc1cc(CN2C(=O)CSc3cc(C(F)(C(F)(F)F)C(F)(F)F)ccc32)ccc1N. The predicted octanol–water partition coefficient (Wildman–Crippen LogP) is 5.51. The summed E-state index contributed by atoms with van der Waals surface area (Å²) in [4.78, 5) is 13.6. The van der Waals surface area contributed by atoms with Crippen LogP contribution < -0.4 is 10.6 Å². The highest BCUT2D eigenvalue weighted by Crippen LogP contribution is 2.54. The maximum Gasteiger partial charge on any atom is 0.435 e. The number of amides is 1. The van der Waals surface area contributed by atoms with Gasteiger partial charge >= 0.3 is 18.0 Å². The van der Waals surface area contributed by atoms with Crippen molar-refractivity contribution >= 4 is 29.0 Å². The van der Waals surface area contributed by atoms with E-state index in [1.165, 1.54) is 4.90 Å². The van der Waals surface area contributed by atoms with Crippen molar-refractivity contribution in [3.8, 4) is 0 Å². The highest BCUT2D eigenvalue weighted by molar-refractivity contribution is 8.00.